The molecular weight excluding hydrogens is 192 g/mol. The molecule has 0 heterocycles. The molecule has 0 aromatic rings. The third-order valence-corrected chi connectivity index (χ3v) is 4.35. The molecule has 3 aliphatic rings. The van der Waals surface area contributed by atoms with Crippen molar-refractivity contribution >= 4 is 0 Å². The third-order valence-electron chi connectivity index (χ3n) is 4.35. The summed E-state index contributed by atoms with van der Waals surface area (Å²) in [5.74, 6) is 3.52. The monoisotopic (exact) mass is 216 g/mol. The molecule has 3 aliphatic carbocycles. The predicted octanol–water partition coefficient (Wildman–Crippen LogP) is 4.75. The summed E-state index contributed by atoms with van der Waals surface area (Å²) in [7, 11) is 0. The van der Waals surface area contributed by atoms with Gasteiger partial charge in [-0.05, 0) is 62.2 Å². The number of fused-ring (bicyclic) bond motifs is 2. The van der Waals surface area contributed by atoms with Crippen molar-refractivity contribution in [3.05, 3.63) is 37.5 Å². The second-order valence-electron chi connectivity index (χ2n) is 5.52. The average molecular weight is 216 g/mol. The van der Waals surface area contributed by atoms with Gasteiger partial charge in [0.1, 0.15) is 0 Å². The Morgan fingerprint density at radius 1 is 0.750 bits per heavy atom. The molecule has 2 saturated carbocycles. The number of hydrogen-bond donors (Lipinski definition) is 0. The Morgan fingerprint density at radius 2 is 1.25 bits per heavy atom. The fourth-order valence-corrected chi connectivity index (χ4v) is 3.20. The van der Waals surface area contributed by atoms with Crippen molar-refractivity contribution in [1.29, 1.82) is 0 Å². The van der Waals surface area contributed by atoms with E-state index in [0.29, 0.717) is 0 Å². The highest BCUT2D eigenvalue weighted by atomic mass is 14.3. The molecule has 0 N–H and O–H groups in total. The Kier molecular flexibility index (Phi) is 4.04. The van der Waals surface area contributed by atoms with Crippen molar-refractivity contribution in [1.82, 2.24) is 0 Å². The van der Waals surface area contributed by atoms with Gasteiger partial charge >= 0.3 is 0 Å². The zero-order valence-electron chi connectivity index (χ0n) is 10.3. The van der Waals surface area contributed by atoms with Gasteiger partial charge in [-0.3, -0.25) is 0 Å². The summed E-state index contributed by atoms with van der Waals surface area (Å²) in [6.45, 7) is 7.55. The van der Waals surface area contributed by atoms with Crippen LogP contribution in [-0.2, 0) is 0 Å². The van der Waals surface area contributed by atoms with Crippen LogP contribution in [0.5, 0.6) is 0 Å². The highest BCUT2D eigenvalue weighted by Crippen LogP contribution is 2.38. The molecule has 16 heavy (non-hydrogen) atoms. The van der Waals surface area contributed by atoms with Crippen LogP contribution in [0.1, 0.15) is 38.5 Å². The molecule has 4 atom stereocenters. The lowest BCUT2D eigenvalue weighted by Crippen LogP contribution is -1.88. The summed E-state index contributed by atoms with van der Waals surface area (Å²) in [4.78, 5) is 0. The summed E-state index contributed by atoms with van der Waals surface area (Å²) in [5.41, 5.74) is 0. The summed E-state index contributed by atoms with van der Waals surface area (Å²) in [6.07, 6.45) is 17.3. The normalized spacial score (nSPS) is 39.2. The van der Waals surface area contributed by atoms with Gasteiger partial charge in [0.2, 0.25) is 0 Å². The summed E-state index contributed by atoms with van der Waals surface area (Å²) in [5, 5.41) is 0. The fourth-order valence-electron chi connectivity index (χ4n) is 3.20. The SMILES string of the molecule is C1=CC2CCC1C2.C=CC1CCC(C=C)C1. The summed E-state index contributed by atoms with van der Waals surface area (Å²) in [6, 6.07) is 0. The Balaban J connectivity index is 0.000000123. The number of rotatable bonds is 2. The molecule has 0 nitrogen and oxygen atoms in total. The Bertz CT molecular complexity index is 248. The van der Waals surface area contributed by atoms with Gasteiger partial charge in [-0.25, -0.2) is 0 Å². The minimum Gasteiger partial charge on any atom is -0.103 e. The molecule has 0 heteroatoms. The molecular formula is C16H24. The quantitative estimate of drug-likeness (QED) is 0.584. The molecule has 0 spiro atoms. The van der Waals surface area contributed by atoms with Gasteiger partial charge in [-0.2, -0.15) is 0 Å². The highest BCUT2D eigenvalue weighted by Gasteiger charge is 2.25. The van der Waals surface area contributed by atoms with Crippen molar-refractivity contribution in [3.8, 4) is 0 Å². The van der Waals surface area contributed by atoms with Gasteiger partial charge in [0, 0.05) is 0 Å². The van der Waals surface area contributed by atoms with E-state index in [2.05, 4.69) is 37.5 Å². The molecule has 3 rings (SSSR count). The minimum absolute atomic E-state index is 0.771. The standard InChI is InChI=1S/C9H14.C7H10/c1-3-8-5-6-9(4-2)7-8;1-2-7-4-3-6(1)5-7/h3-4,8-9H,1-2,5-7H2;1-2,6-7H,3-5H2. The maximum absolute atomic E-state index is 3.78. The van der Waals surface area contributed by atoms with Crippen molar-refractivity contribution in [3.63, 3.8) is 0 Å². The van der Waals surface area contributed by atoms with Crippen molar-refractivity contribution in [2.45, 2.75) is 38.5 Å². The van der Waals surface area contributed by atoms with E-state index in [9.17, 15) is 0 Å². The number of hydrogen-bond acceptors (Lipinski definition) is 0. The summed E-state index contributed by atoms with van der Waals surface area (Å²) >= 11 is 0. The second-order valence-corrected chi connectivity index (χ2v) is 5.52. The topological polar surface area (TPSA) is 0 Å². The predicted molar refractivity (Wildman–Crippen MR) is 71.2 cm³/mol. The van der Waals surface area contributed by atoms with Crippen LogP contribution < -0.4 is 0 Å². The minimum atomic E-state index is 0.771. The van der Waals surface area contributed by atoms with Crippen LogP contribution in [0.25, 0.3) is 0 Å². The first-order valence-electron chi connectivity index (χ1n) is 6.75. The first-order chi connectivity index (χ1) is 7.81. The molecule has 0 aromatic carbocycles. The molecule has 2 fully saturated rings. The van der Waals surface area contributed by atoms with Crippen LogP contribution in [0.3, 0.4) is 0 Å². The lowest BCUT2D eigenvalue weighted by molar-refractivity contribution is 0.641. The van der Waals surface area contributed by atoms with E-state index in [1.54, 1.807) is 0 Å². The maximum Gasteiger partial charge on any atom is -0.0228 e. The van der Waals surface area contributed by atoms with E-state index in [4.69, 9.17) is 0 Å². The maximum atomic E-state index is 3.78. The molecule has 0 aliphatic heterocycles. The van der Waals surface area contributed by atoms with Crippen molar-refractivity contribution < 1.29 is 0 Å². The van der Waals surface area contributed by atoms with Gasteiger partial charge in [-0.15, -0.1) is 13.2 Å². The first-order valence-corrected chi connectivity index (χ1v) is 6.75. The van der Waals surface area contributed by atoms with Gasteiger partial charge in [-0.1, -0.05) is 24.3 Å². The van der Waals surface area contributed by atoms with Crippen LogP contribution in [-0.4, -0.2) is 0 Å². The molecule has 2 bridgehead atoms. The fraction of sp³-hybridized carbons (Fsp3) is 0.625. The molecule has 0 saturated heterocycles. The largest absolute Gasteiger partial charge is 0.103 e. The lowest BCUT2D eigenvalue weighted by Gasteiger charge is -1.99. The van der Waals surface area contributed by atoms with Crippen molar-refractivity contribution in [2.75, 3.05) is 0 Å². The van der Waals surface area contributed by atoms with Crippen LogP contribution in [0.15, 0.2) is 37.5 Å². The zero-order valence-corrected chi connectivity index (χ0v) is 10.3. The van der Waals surface area contributed by atoms with Crippen LogP contribution in [0.2, 0.25) is 0 Å². The number of allylic oxidation sites excluding steroid dienone is 4. The van der Waals surface area contributed by atoms with Gasteiger partial charge in [0.15, 0.2) is 0 Å². The Morgan fingerprint density at radius 3 is 1.44 bits per heavy atom. The van der Waals surface area contributed by atoms with Gasteiger partial charge < -0.3 is 0 Å². The molecule has 0 amide bonds. The molecule has 0 aromatic heterocycles. The van der Waals surface area contributed by atoms with Crippen molar-refractivity contribution in [2.24, 2.45) is 23.7 Å². The van der Waals surface area contributed by atoms with Gasteiger partial charge in [0.05, 0.1) is 0 Å². The van der Waals surface area contributed by atoms with Crippen LogP contribution in [0.4, 0.5) is 0 Å². The Hall–Kier alpha value is -0.780. The smallest absolute Gasteiger partial charge is 0.0228 e. The molecule has 0 radical (unpaired) electrons. The van der Waals surface area contributed by atoms with E-state index in [-0.39, 0.29) is 0 Å². The second kappa shape index (κ2) is 5.52. The lowest BCUT2D eigenvalue weighted by atomic mass is 10.1. The Labute approximate surface area is 100 Å². The average Bonchev–Trinajstić information content (AvgIpc) is 3.06. The third kappa shape index (κ3) is 2.87. The highest BCUT2D eigenvalue weighted by molar-refractivity contribution is 5.06. The van der Waals surface area contributed by atoms with Crippen LogP contribution in [0, 0.1) is 23.7 Å². The van der Waals surface area contributed by atoms with E-state index < -0.39 is 0 Å². The zero-order chi connectivity index (χ0) is 11.4. The molecule has 88 valence electrons. The van der Waals surface area contributed by atoms with Crippen LogP contribution >= 0.6 is 0 Å². The van der Waals surface area contributed by atoms with Gasteiger partial charge in [0.25, 0.3) is 0 Å². The first kappa shape index (κ1) is 11.7. The summed E-state index contributed by atoms with van der Waals surface area (Å²) < 4.78 is 0. The molecule has 4 unspecified atom stereocenters. The van der Waals surface area contributed by atoms with E-state index in [0.717, 1.165) is 23.7 Å². The van der Waals surface area contributed by atoms with E-state index in [1.165, 1.54) is 38.5 Å². The van der Waals surface area contributed by atoms with E-state index in [1.807, 2.05) is 0 Å². The van der Waals surface area contributed by atoms with E-state index >= 15 is 0 Å².